The summed E-state index contributed by atoms with van der Waals surface area (Å²) in [4.78, 5) is 18.0. The van der Waals surface area contributed by atoms with E-state index in [1.165, 1.54) is 6.33 Å². The number of hydrogen-bond donors (Lipinski definition) is 1. The molecule has 0 aliphatic heterocycles. The highest BCUT2D eigenvalue weighted by Gasteiger charge is 2.24. The zero-order valence-electron chi connectivity index (χ0n) is 10.5. The Labute approximate surface area is 104 Å². The monoisotopic (exact) mass is 256 g/mol. The van der Waals surface area contributed by atoms with Crippen molar-refractivity contribution in [3.8, 4) is 5.88 Å². The predicted molar refractivity (Wildman–Crippen MR) is 64.8 cm³/mol. The van der Waals surface area contributed by atoms with E-state index in [2.05, 4.69) is 15.3 Å². The molecule has 0 radical (unpaired) electrons. The normalized spacial score (nSPS) is 11.9. The maximum Gasteiger partial charge on any atom is 0.372 e. The summed E-state index contributed by atoms with van der Waals surface area (Å²) in [6.07, 6.45) is 0.880. The van der Waals surface area contributed by atoms with Crippen molar-refractivity contribution in [2.75, 3.05) is 25.6 Å². The fourth-order valence-corrected chi connectivity index (χ4v) is 1.30. The van der Waals surface area contributed by atoms with Crippen molar-refractivity contribution in [1.82, 2.24) is 9.97 Å². The maximum atomic E-state index is 11.0. The zero-order chi connectivity index (χ0) is 13.5. The minimum absolute atomic E-state index is 0.0634. The molecule has 1 aromatic rings. The lowest BCUT2D eigenvalue weighted by Gasteiger charge is -2.13. The minimum Gasteiger partial charge on any atom is -0.467 e. The number of anilines is 1. The number of aromatic nitrogens is 2. The summed E-state index contributed by atoms with van der Waals surface area (Å²) in [6.45, 7) is 4.51. The minimum atomic E-state index is -0.575. The van der Waals surface area contributed by atoms with Gasteiger partial charge in [-0.1, -0.05) is 0 Å². The Balaban J connectivity index is 2.90. The SMILES string of the molecule is CCOCC(C)Oc1ncnc(NC)c1[N+](=O)[O-]. The van der Waals surface area contributed by atoms with Gasteiger partial charge < -0.3 is 14.8 Å². The molecule has 1 atom stereocenters. The van der Waals surface area contributed by atoms with Crippen LogP contribution in [0.15, 0.2) is 6.33 Å². The lowest BCUT2D eigenvalue weighted by molar-refractivity contribution is -0.385. The maximum absolute atomic E-state index is 11.0. The standard InChI is InChI=1S/C10H16N4O4/c1-4-17-5-7(2)18-10-8(14(15)16)9(11-3)12-6-13-10/h6-7H,4-5H2,1-3H3,(H,11,12,13). The van der Waals surface area contributed by atoms with Crippen molar-refractivity contribution >= 4 is 11.5 Å². The van der Waals surface area contributed by atoms with E-state index < -0.39 is 4.92 Å². The van der Waals surface area contributed by atoms with Crippen molar-refractivity contribution in [1.29, 1.82) is 0 Å². The van der Waals surface area contributed by atoms with E-state index in [1.54, 1.807) is 14.0 Å². The third-order valence-electron chi connectivity index (χ3n) is 2.08. The molecule has 0 saturated carbocycles. The summed E-state index contributed by atoms with van der Waals surface area (Å²) in [5.74, 6) is 0.0557. The van der Waals surface area contributed by atoms with Crippen LogP contribution in [-0.2, 0) is 4.74 Å². The number of ether oxygens (including phenoxy) is 2. The molecule has 0 amide bonds. The lowest BCUT2D eigenvalue weighted by Crippen LogP contribution is -2.20. The first kappa shape index (κ1) is 14.1. The van der Waals surface area contributed by atoms with Crippen LogP contribution < -0.4 is 10.1 Å². The van der Waals surface area contributed by atoms with Gasteiger partial charge in [0, 0.05) is 13.7 Å². The van der Waals surface area contributed by atoms with E-state index in [9.17, 15) is 10.1 Å². The van der Waals surface area contributed by atoms with Crippen LogP contribution in [0.4, 0.5) is 11.5 Å². The van der Waals surface area contributed by atoms with Crippen molar-refractivity contribution in [3.63, 3.8) is 0 Å². The highest BCUT2D eigenvalue weighted by molar-refractivity contribution is 5.60. The lowest BCUT2D eigenvalue weighted by atomic mass is 10.4. The summed E-state index contributed by atoms with van der Waals surface area (Å²) < 4.78 is 10.6. The van der Waals surface area contributed by atoms with Gasteiger partial charge in [-0.15, -0.1) is 0 Å². The molecular formula is C10H16N4O4. The van der Waals surface area contributed by atoms with E-state index in [4.69, 9.17) is 9.47 Å². The van der Waals surface area contributed by atoms with Gasteiger partial charge in [0.05, 0.1) is 11.5 Å². The Bertz CT molecular complexity index is 413. The highest BCUT2D eigenvalue weighted by atomic mass is 16.6. The van der Waals surface area contributed by atoms with Crippen LogP contribution in [0.1, 0.15) is 13.8 Å². The average Bonchev–Trinajstić information content (AvgIpc) is 2.35. The second kappa shape index (κ2) is 6.70. The molecular weight excluding hydrogens is 240 g/mol. The fourth-order valence-electron chi connectivity index (χ4n) is 1.30. The second-order valence-corrected chi connectivity index (χ2v) is 3.47. The number of nitrogens with zero attached hydrogens (tertiary/aromatic N) is 3. The molecule has 8 nitrogen and oxygen atoms in total. The first-order valence-electron chi connectivity index (χ1n) is 5.51. The van der Waals surface area contributed by atoms with E-state index in [0.717, 1.165) is 0 Å². The Morgan fingerprint density at radius 1 is 1.56 bits per heavy atom. The largest absolute Gasteiger partial charge is 0.467 e. The van der Waals surface area contributed by atoms with Crippen molar-refractivity contribution in [3.05, 3.63) is 16.4 Å². The van der Waals surface area contributed by atoms with E-state index in [-0.39, 0.29) is 23.5 Å². The molecule has 0 aromatic carbocycles. The quantitative estimate of drug-likeness (QED) is 0.578. The van der Waals surface area contributed by atoms with E-state index in [0.29, 0.717) is 13.2 Å². The molecule has 0 fully saturated rings. The van der Waals surface area contributed by atoms with Crippen molar-refractivity contribution in [2.24, 2.45) is 0 Å². The first-order chi connectivity index (χ1) is 8.60. The summed E-state index contributed by atoms with van der Waals surface area (Å²) in [5, 5.41) is 13.6. The van der Waals surface area contributed by atoms with Crippen LogP contribution >= 0.6 is 0 Å². The molecule has 0 aliphatic carbocycles. The molecule has 1 heterocycles. The Hall–Kier alpha value is -1.96. The molecule has 18 heavy (non-hydrogen) atoms. The zero-order valence-corrected chi connectivity index (χ0v) is 10.5. The van der Waals surface area contributed by atoms with Gasteiger partial charge in [0.1, 0.15) is 12.4 Å². The molecule has 1 unspecified atom stereocenters. The van der Waals surface area contributed by atoms with Crippen LogP contribution in [-0.4, -0.2) is 41.3 Å². The Kier molecular flexibility index (Phi) is 5.25. The van der Waals surface area contributed by atoms with Crippen LogP contribution in [0.3, 0.4) is 0 Å². The van der Waals surface area contributed by atoms with Crippen LogP contribution in [0, 0.1) is 10.1 Å². The number of nitro groups is 1. The van der Waals surface area contributed by atoms with Crippen molar-refractivity contribution < 1.29 is 14.4 Å². The van der Waals surface area contributed by atoms with Crippen LogP contribution in [0.2, 0.25) is 0 Å². The fraction of sp³-hybridized carbons (Fsp3) is 0.600. The van der Waals surface area contributed by atoms with Gasteiger partial charge in [0.25, 0.3) is 5.88 Å². The average molecular weight is 256 g/mol. The van der Waals surface area contributed by atoms with Gasteiger partial charge >= 0.3 is 5.69 Å². The first-order valence-corrected chi connectivity index (χ1v) is 5.51. The number of hydrogen-bond acceptors (Lipinski definition) is 7. The third kappa shape index (κ3) is 3.52. The summed E-state index contributed by atoms with van der Waals surface area (Å²) in [7, 11) is 1.54. The molecule has 100 valence electrons. The van der Waals surface area contributed by atoms with Gasteiger partial charge in [-0.05, 0) is 13.8 Å². The number of rotatable bonds is 7. The van der Waals surface area contributed by atoms with Crippen LogP contribution in [0.25, 0.3) is 0 Å². The molecule has 1 aromatic heterocycles. The molecule has 0 aliphatic rings. The van der Waals surface area contributed by atoms with Gasteiger partial charge in [-0.3, -0.25) is 10.1 Å². The van der Waals surface area contributed by atoms with Gasteiger partial charge in [0.2, 0.25) is 5.82 Å². The smallest absolute Gasteiger partial charge is 0.372 e. The summed E-state index contributed by atoms with van der Waals surface area (Å²) in [6, 6.07) is 0. The number of nitrogens with one attached hydrogen (secondary N) is 1. The van der Waals surface area contributed by atoms with Gasteiger partial charge in [0.15, 0.2) is 0 Å². The topological polar surface area (TPSA) is 99.4 Å². The highest BCUT2D eigenvalue weighted by Crippen LogP contribution is 2.30. The van der Waals surface area contributed by atoms with E-state index in [1.807, 2.05) is 6.92 Å². The molecule has 0 saturated heterocycles. The van der Waals surface area contributed by atoms with E-state index >= 15 is 0 Å². The Morgan fingerprint density at radius 2 is 2.28 bits per heavy atom. The molecule has 0 spiro atoms. The van der Waals surface area contributed by atoms with Gasteiger partial charge in [-0.25, -0.2) is 4.98 Å². The Morgan fingerprint density at radius 3 is 2.83 bits per heavy atom. The molecule has 1 N–H and O–H groups in total. The molecule has 0 bridgehead atoms. The van der Waals surface area contributed by atoms with Crippen LogP contribution in [0.5, 0.6) is 5.88 Å². The summed E-state index contributed by atoms with van der Waals surface area (Å²) in [5.41, 5.74) is -0.275. The third-order valence-corrected chi connectivity index (χ3v) is 2.08. The predicted octanol–water partition coefficient (Wildman–Crippen LogP) is 1.23. The molecule has 1 rings (SSSR count). The molecule has 8 heteroatoms. The summed E-state index contributed by atoms with van der Waals surface area (Å²) >= 11 is 0. The van der Waals surface area contributed by atoms with Crippen molar-refractivity contribution in [2.45, 2.75) is 20.0 Å². The second-order valence-electron chi connectivity index (χ2n) is 3.47. The van der Waals surface area contributed by atoms with Gasteiger partial charge in [-0.2, -0.15) is 4.98 Å².